The normalized spacial score (nSPS) is 13.1. The fraction of sp³-hybridized carbons (Fsp3) is 0.471. The summed E-state index contributed by atoms with van der Waals surface area (Å²) in [6.45, 7) is 6.83. The maximum Gasteiger partial charge on any atom is 0.250 e. The summed E-state index contributed by atoms with van der Waals surface area (Å²) in [5.74, 6) is 0.664. The van der Waals surface area contributed by atoms with Crippen molar-refractivity contribution in [3.05, 3.63) is 38.9 Å². The third kappa shape index (κ3) is 8.06. The molecule has 0 aliphatic rings. The molecule has 2 aromatic rings. The molecule has 152 valence electrons. The van der Waals surface area contributed by atoms with Gasteiger partial charge in [0.1, 0.15) is 4.21 Å². The fourth-order valence-corrected chi connectivity index (χ4v) is 5.75. The number of halogens is 1. The minimum atomic E-state index is -3.44. The topological polar surface area (TPSA) is 82.6 Å². The molecule has 0 radical (unpaired) electrons. The second-order valence-electron chi connectivity index (χ2n) is 6.02. The van der Waals surface area contributed by atoms with Gasteiger partial charge < -0.3 is 10.6 Å². The van der Waals surface area contributed by atoms with Crippen LogP contribution in [-0.2, 0) is 16.4 Å². The third-order valence-electron chi connectivity index (χ3n) is 3.60. The van der Waals surface area contributed by atoms with Crippen molar-refractivity contribution in [2.75, 3.05) is 20.1 Å². The Labute approximate surface area is 187 Å². The average Bonchev–Trinajstić information content (AvgIpc) is 3.19. The van der Waals surface area contributed by atoms with E-state index in [1.54, 1.807) is 30.5 Å². The van der Waals surface area contributed by atoms with Crippen LogP contribution >= 0.6 is 46.7 Å². The molecule has 0 spiro atoms. The fourth-order valence-electron chi connectivity index (χ4n) is 2.37. The van der Waals surface area contributed by atoms with Crippen LogP contribution in [0, 0.1) is 13.8 Å². The van der Waals surface area contributed by atoms with Crippen molar-refractivity contribution in [3.8, 4) is 0 Å². The first kappa shape index (κ1) is 24.3. The summed E-state index contributed by atoms with van der Waals surface area (Å²) in [5.41, 5.74) is 0. The highest BCUT2D eigenvalue weighted by atomic mass is 127. The van der Waals surface area contributed by atoms with Crippen LogP contribution in [-0.4, -0.2) is 40.6 Å². The van der Waals surface area contributed by atoms with Gasteiger partial charge in [-0.3, -0.25) is 4.99 Å². The van der Waals surface area contributed by atoms with Crippen LogP contribution < -0.4 is 15.4 Å². The Morgan fingerprint density at radius 1 is 1.11 bits per heavy atom. The Hall–Kier alpha value is -0.690. The number of thiophene rings is 2. The zero-order valence-corrected chi connectivity index (χ0v) is 20.7. The van der Waals surface area contributed by atoms with Gasteiger partial charge in [0.2, 0.25) is 10.0 Å². The molecule has 0 fully saturated rings. The van der Waals surface area contributed by atoms with E-state index in [-0.39, 0.29) is 30.0 Å². The quantitative estimate of drug-likeness (QED) is 0.207. The monoisotopic (exact) mass is 542 g/mol. The van der Waals surface area contributed by atoms with Gasteiger partial charge in [-0.1, -0.05) is 0 Å². The first-order valence-electron chi connectivity index (χ1n) is 8.39. The van der Waals surface area contributed by atoms with Gasteiger partial charge in [-0.15, -0.1) is 46.7 Å². The van der Waals surface area contributed by atoms with E-state index in [1.165, 1.54) is 21.1 Å². The third-order valence-corrected chi connectivity index (χ3v) is 7.58. The van der Waals surface area contributed by atoms with E-state index in [1.807, 2.05) is 6.92 Å². The largest absolute Gasteiger partial charge is 0.355 e. The highest BCUT2D eigenvalue weighted by Crippen LogP contribution is 2.20. The van der Waals surface area contributed by atoms with Crippen LogP contribution in [0.2, 0.25) is 0 Å². The molecule has 0 saturated heterocycles. The molecule has 2 heterocycles. The maximum atomic E-state index is 12.2. The van der Waals surface area contributed by atoms with Crippen molar-refractivity contribution in [2.24, 2.45) is 4.99 Å². The molecule has 1 atom stereocenters. The van der Waals surface area contributed by atoms with Gasteiger partial charge in [0.05, 0.1) is 0 Å². The average molecular weight is 543 g/mol. The van der Waals surface area contributed by atoms with Crippen molar-refractivity contribution in [1.29, 1.82) is 0 Å². The Kier molecular flexibility index (Phi) is 10.2. The number of aryl methyl sites for hydroxylation is 2. The second kappa shape index (κ2) is 11.3. The molecule has 2 aromatic heterocycles. The first-order valence-corrected chi connectivity index (χ1v) is 11.5. The van der Waals surface area contributed by atoms with Crippen LogP contribution in [0.3, 0.4) is 0 Å². The lowest BCUT2D eigenvalue weighted by molar-refractivity contribution is 0.581. The van der Waals surface area contributed by atoms with Crippen LogP contribution in [0.25, 0.3) is 0 Å². The predicted molar refractivity (Wildman–Crippen MR) is 126 cm³/mol. The van der Waals surface area contributed by atoms with Crippen molar-refractivity contribution in [3.63, 3.8) is 0 Å². The SMILES string of the molecule is CN=C(NCCNS(=O)(=O)c1ccc(C)s1)NC(C)Cc1ccc(C)s1.I. The number of rotatable bonds is 8. The van der Waals surface area contributed by atoms with Crippen LogP contribution in [0.4, 0.5) is 0 Å². The second-order valence-corrected chi connectivity index (χ2v) is 10.7. The molecule has 0 saturated carbocycles. The summed E-state index contributed by atoms with van der Waals surface area (Å²) in [6.07, 6.45) is 0.920. The summed E-state index contributed by atoms with van der Waals surface area (Å²) in [6, 6.07) is 7.94. The standard InChI is InChI=1S/C17H26N4O2S3.HI/c1-12(11-15-7-5-13(2)24-15)21-17(18-4)19-9-10-20-26(22,23)16-8-6-14(3)25-16;/h5-8,12,20H,9-11H2,1-4H3,(H2,18,19,21);1H. The molecule has 0 aliphatic heterocycles. The summed E-state index contributed by atoms with van der Waals surface area (Å²) in [7, 11) is -1.73. The molecule has 10 heteroatoms. The van der Waals surface area contributed by atoms with Gasteiger partial charge in [0, 0.05) is 47.2 Å². The maximum absolute atomic E-state index is 12.2. The number of nitrogens with zero attached hydrogens (tertiary/aromatic N) is 1. The van der Waals surface area contributed by atoms with E-state index in [0.29, 0.717) is 23.3 Å². The van der Waals surface area contributed by atoms with E-state index in [9.17, 15) is 8.42 Å². The molecule has 3 N–H and O–H groups in total. The molecular weight excluding hydrogens is 515 g/mol. The van der Waals surface area contributed by atoms with E-state index >= 15 is 0 Å². The lowest BCUT2D eigenvalue weighted by Crippen LogP contribution is -2.45. The predicted octanol–water partition coefficient (Wildman–Crippen LogP) is 3.12. The number of nitrogens with one attached hydrogen (secondary N) is 3. The van der Waals surface area contributed by atoms with Gasteiger partial charge in [-0.25, -0.2) is 13.1 Å². The van der Waals surface area contributed by atoms with Crippen LogP contribution in [0.5, 0.6) is 0 Å². The molecule has 1 unspecified atom stereocenters. The number of guanidine groups is 1. The van der Waals surface area contributed by atoms with E-state index in [0.717, 1.165) is 11.3 Å². The molecule has 6 nitrogen and oxygen atoms in total. The Morgan fingerprint density at radius 3 is 2.33 bits per heavy atom. The van der Waals surface area contributed by atoms with Crippen LogP contribution in [0.15, 0.2) is 33.5 Å². The molecule has 0 aliphatic carbocycles. The van der Waals surface area contributed by atoms with Gasteiger partial charge in [0.25, 0.3) is 0 Å². The molecule has 27 heavy (non-hydrogen) atoms. The highest BCUT2D eigenvalue weighted by molar-refractivity contribution is 14.0. The van der Waals surface area contributed by atoms with Crippen molar-refractivity contribution in [2.45, 2.75) is 37.4 Å². The Bertz CT molecular complexity index is 846. The minimum absolute atomic E-state index is 0. The Balaban J connectivity index is 0.00000364. The van der Waals surface area contributed by atoms with Gasteiger partial charge in [0.15, 0.2) is 5.96 Å². The van der Waals surface area contributed by atoms with Crippen molar-refractivity contribution >= 4 is 62.6 Å². The molecular formula is C17H27IN4O2S3. The zero-order valence-electron chi connectivity index (χ0n) is 15.9. The molecule has 0 aromatic carbocycles. The summed E-state index contributed by atoms with van der Waals surface area (Å²) in [5, 5.41) is 6.47. The Morgan fingerprint density at radius 2 is 1.78 bits per heavy atom. The van der Waals surface area contributed by atoms with Gasteiger partial charge in [-0.05, 0) is 45.0 Å². The summed E-state index contributed by atoms with van der Waals surface area (Å²) in [4.78, 5) is 7.81. The summed E-state index contributed by atoms with van der Waals surface area (Å²) >= 11 is 3.07. The smallest absolute Gasteiger partial charge is 0.250 e. The number of hydrogen-bond donors (Lipinski definition) is 3. The number of sulfonamides is 1. The van der Waals surface area contributed by atoms with Crippen molar-refractivity contribution < 1.29 is 8.42 Å². The van der Waals surface area contributed by atoms with E-state index in [2.05, 4.69) is 46.3 Å². The molecule has 0 amide bonds. The zero-order chi connectivity index (χ0) is 19.2. The number of aliphatic imine (C=N–C) groups is 1. The van der Waals surface area contributed by atoms with Gasteiger partial charge in [-0.2, -0.15) is 0 Å². The van der Waals surface area contributed by atoms with Gasteiger partial charge >= 0.3 is 0 Å². The lowest BCUT2D eigenvalue weighted by Gasteiger charge is -2.17. The van der Waals surface area contributed by atoms with E-state index in [4.69, 9.17) is 0 Å². The molecule has 0 bridgehead atoms. The van der Waals surface area contributed by atoms with E-state index < -0.39 is 10.0 Å². The first-order chi connectivity index (χ1) is 12.3. The highest BCUT2D eigenvalue weighted by Gasteiger charge is 2.15. The molecule has 2 rings (SSSR count). The van der Waals surface area contributed by atoms with Crippen LogP contribution in [0.1, 0.15) is 21.6 Å². The minimum Gasteiger partial charge on any atom is -0.355 e. The number of hydrogen-bond acceptors (Lipinski definition) is 5. The lowest BCUT2D eigenvalue weighted by atomic mass is 10.2. The summed E-state index contributed by atoms with van der Waals surface area (Å²) < 4.78 is 27.3. The van der Waals surface area contributed by atoms with Crippen molar-refractivity contribution in [1.82, 2.24) is 15.4 Å².